The van der Waals surface area contributed by atoms with Crippen LogP contribution in [0.2, 0.25) is 0 Å². The molecule has 0 fully saturated rings. The van der Waals surface area contributed by atoms with Crippen molar-refractivity contribution in [3.05, 3.63) is 48.5 Å². The van der Waals surface area contributed by atoms with Gasteiger partial charge in [-0.15, -0.1) is 0 Å². The monoisotopic (exact) mass is 410 g/mol. The first-order valence-electron chi connectivity index (χ1n) is 10.2. The summed E-state index contributed by atoms with van der Waals surface area (Å²) in [5, 5.41) is 3.52. The zero-order valence-corrected chi connectivity index (χ0v) is 17.3. The van der Waals surface area contributed by atoms with E-state index < -0.39 is 0 Å². The standard InChI is InChI=1S/C24H26O6/c1-3-27-21(25)13-15-29-23-17-9-5-7-11-19(17)24(20-12-8-6-10-18(20)23)30-16-14-22(26)28-4-2/h5-12H,3-4,13-16H2,1-2H3. The molecule has 3 aromatic carbocycles. The number of carbonyl (C=O) groups excluding carboxylic acids is 2. The van der Waals surface area contributed by atoms with E-state index in [0.29, 0.717) is 24.7 Å². The highest BCUT2D eigenvalue weighted by Crippen LogP contribution is 2.42. The third kappa shape index (κ3) is 5.00. The number of rotatable bonds is 10. The highest BCUT2D eigenvalue weighted by molar-refractivity contribution is 6.11. The van der Waals surface area contributed by atoms with Gasteiger partial charge in [0.1, 0.15) is 11.5 Å². The Morgan fingerprint density at radius 2 is 0.967 bits per heavy atom. The van der Waals surface area contributed by atoms with E-state index in [1.54, 1.807) is 13.8 Å². The lowest BCUT2D eigenvalue weighted by Gasteiger charge is -2.17. The summed E-state index contributed by atoms with van der Waals surface area (Å²) in [5.74, 6) is 0.821. The Morgan fingerprint density at radius 1 is 0.633 bits per heavy atom. The van der Waals surface area contributed by atoms with Crippen LogP contribution in [-0.4, -0.2) is 38.4 Å². The van der Waals surface area contributed by atoms with Crippen LogP contribution >= 0.6 is 0 Å². The van der Waals surface area contributed by atoms with Gasteiger partial charge < -0.3 is 18.9 Å². The van der Waals surface area contributed by atoms with Crippen molar-refractivity contribution in [2.45, 2.75) is 26.7 Å². The number of ether oxygens (including phenoxy) is 4. The van der Waals surface area contributed by atoms with Gasteiger partial charge in [-0.3, -0.25) is 9.59 Å². The van der Waals surface area contributed by atoms with Crippen molar-refractivity contribution >= 4 is 33.5 Å². The average Bonchev–Trinajstić information content (AvgIpc) is 2.75. The summed E-state index contributed by atoms with van der Waals surface area (Å²) in [6, 6.07) is 15.5. The van der Waals surface area contributed by atoms with Crippen molar-refractivity contribution in [2.24, 2.45) is 0 Å². The number of hydrogen-bond donors (Lipinski definition) is 0. The van der Waals surface area contributed by atoms with Crippen LogP contribution < -0.4 is 9.47 Å². The van der Waals surface area contributed by atoms with E-state index >= 15 is 0 Å². The maximum absolute atomic E-state index is 11.7. The molecule has 0 unspecified atom stereocenters. The molecule has 30 heavy (non-hydrogen) atoms. The second kappa shape index (κ2) is 10.5. The maximum atomic E-state index is 11.7. The molecule has 0 aromatic heterocycles. The van der Waals surface area contributed by atoms with E-state index in [4.69, 9.17) is 18.9 Å². The highest BCUT2D eigenvalue weighted by Gasteiger charge is 2.16. The van der Waals surface area contributed by atoms with Gasteiger partial charge in [0.2, 0.25) is 0 Å². The molecule has 6 heteroatoms. The zero-order chi connectivity index (χ0) is 21.3. The number of fused-ring (bicyclic) bond motifs is 2. The van der Waals surface area contributed by atoms with E-state index in [1.807, 2.05) is 48.5 Å². The van der Waals surface area contributed by atoms with E-state index in [0.717, 1.165) is 21.5 Å². The fourth-order valence-electron chi connectivity index (χ4n) is 3.30. The van der Waals surface area contributed by atoms with Gasteiger partial charge in [-0.25, -0.2) is 0 Å². The summed E-state index contributed by atoms with van der Waals surface area (Å²) >= 11 is 0. The summed E-state index contributed by atoms with van der Waals surface area (Å²) in [6.07, 6.45) is 0.350. The molecule has 0 aliphatic carbocycles. The third-order valence-electron chi connectivity index (χ3n) is 4.55. The van der Waals surface area contributed by atoms with Crippen LogP contribution in [0.15, 0.2) is 48.5 Å². The summed E-state index contributed by atoms with van der Waals surface area (Å²) in [6.45, 7) is 4.69. The minimum atomic E-state index is -0.287. The van der Waals surface area contributed by atoms with Gasteiger partial charge in [-0.1, -0.05) is 48.5 Å². The van der Waals surface area contributed by atoms with Crippen LogP contribution in [0.25, 0.3) is 21.5 Å². The zero-order valence-electron chi connectivity index (χ0n) is 17.3. The second-order valence-corrected chi connectivity index (χ2v) is 6.56. The van der Waals surface area contributed by atoms with Crippen molar-refractivity contribution in [2.75, 3.05) is 26.4 Å². The SMILES string of the molecule is CCOC(=O)CCOc1c2ccccc2c(OCCC(=O)OCC)c2ccccc12. The molecule has 0 radical (unpaired) electrons. The van der Waals surface area contributed by atoms with Crippen molar-refractivity contribution < 1.29 is 28.5 Å². The minimum absolute atomic E-state index is 0.175. The van der Waals surface area contributed by atoms with Gasteiger partial charge in [0, 0.05) is 21.5 Å². The normalized spacial score (nSPS) is 10.7. The Balaban J connectivity index is 1.94. The van der Waals surface area contributed by atoms with E-state index in [1.165, 1.54) is 0 Å². The molecule has 0 saturated carbocycles. The summed E-state index contributed by atoms with van der Waals surface area (Å²) in [4.78, 5) is 23.3. The fourth-order valence-corrected chi connectivity index (χ4v) is 3.30. The molecule has 0 bridgehead atoms. The molecular formula is C24H26O6. The predicted octanol–water partition coefficient (Wildman–Crippen LogP) is 4.66. The van der Waals surface area contributed by atoms with Crippen LogP contribution in [0, 0.1) is 0 Å². The lowest BCUT2D eigenvalue weighted by Crippen LogP contribution is -2.11. The number of benzene rings is 3. The van der Waals surface area contributed by atoms with Gasteiger partial charge in [-0.05, 0) is 13.8 Å². The topological polar surface area (TPSA) is 71.1 Å². The quantitative estimate of drug-likeness (QED) is 0.358. The molecule has 158 valence electrons. The number of hydrogen-bond acceptors (Lipinski definition) is 6. The average molecular weight is 410 g/mol. The molecule has 0 saturated heterocycles. The molecule has 0 amide bonds. The first kappa shape index (κ1) is 21.4. The molecule has 0 aliphatic heterocycles. The van der Waals surface area contributed by atoms with Gasteiger partial charge in [0.05, 0.1) is 39.3 Å². The Morgan fingerprint density at radius 3 is 1.27 bits per heavy atom. The van der Waals surface area contributed by atoms with Crippen molar-refractivity contribution in [1.82, 2.24) is 0 Å². The lowest BCUT2D eigenvalue weighted by molar-refractivity contribution is -0.144. The van der Waals surface area contributed by atoms with E-state index in [2.05, 4.69) is 0 Å². The first-order valence-corrected chi connectivity index (χ1v) is 10.2. The smallest absolute Gasteiger partial charge is 0.309 e. The third-order valence-corrected chi connectivity index (χ3v) is 4.55. The maximum Gasteiger partial charge on any atom is 0.309 e. The predicted molar refractivity (Wildman–Crippen MR) is 115 cm³/mol. The Labute approximate surface area is 175 Å². The van der Waals surface area contributed by atoms with Crippen LogP contribution in [0.1, 0.15) is 26.7 Å². The lowest BCUT2D eigenvalue weighted by atomic mass is 10.0. The van der Waals surface area contributed by atoms with E-state index in [-0.39, 0.29) is 38.0 Å². The van der Waals surface area contributed by atoms with E-state index in [9.17, 15) is 9.59 Å². The molecule has 0 spiro atoms. The Hall–Kier alpha value is -3.28. The highest BCUT2D eigenvalue weighted by atomic mass is 16.5. The molecule has 3 rings (SSSR count). The molecule has 0 atom stereocenters. The van der Waals surface area contributed by atoms with Crippen molar-refractivity contribution in [3.8, 4) is 11.5 Å². The van der Waals surface area contributed by atoms with Crippen molar-refractivity contribution in [1.29, 1.82) is 0 Å². The molecule has 0 heterocycles. The van der Waals surface area contributed by atoms with Crippen molar-refractivity contribution in [3.63, 3.8) is 0 Å². The molecule has 0 aliphatic rings. The minimum Gasteiger partial charge on any atom is -0.492 e. The molecule has 0 N–H and O–H groups in total. The largest absolute Gasteiger partial charge is 0.492 e. The molecular weight excluding hydrogens is 384 g/mol. The number of carbonyl (C=O) groups is 2. The Bertz CT molecular complexity index is 888. The second-order valence-electron chi connectivity index (χ2n) is 6.56. The first-order chi connectivity index (χ1) is 14.7. The summed E-state index contributed by atoms with van der Waals surface area (Å²) in [5.41, 5.74) is 0. The fraction of sp³-hybridized carbons (Fsp3) is 0.333. The van der Waals surface area contributed by atoms with Gasteiger partial charge >= 0.3 is 11.9 Å². The Kier molecular flexibility index (Phi) is 7.49. The van der Waals surface area contributed by atoms with Crippen LogP contribution in [0.4, 0.5) is 0 Å². The molecule has 6 nitrogen and oxygen atoms in total. The van der Waals surface area contributed by atoms with Crippen LogP contribution in [0.5, 0.6) is 11.5 Å². The molecule has 3 aromatic rings. The number of esters is 2. The van der Waals surface area contributed by atoms with Gasteiger partial charge in [0.15, 0.2) is 0 Å². The van der Waals surface area contributed by atoms with Gasteiger partial charge in [-0.2, -0.15) is 0 Å². The van der Waals surface area contributed by atoms with Gasteiger partial charge in [0.25, 0.3) is 0 Å². The summed E-state index contributed by atoms with van der Waals surface area (Å²) < 4.78 is 22.1. The summed E-state index contributed by atoms with van der Waals surface area (Å²) in [7, 11) is 0. The van der Waals surface area contributed by atoms with Crippen LogP contribution in [-0.2, 0) is 19.1 Å². The van der Waals surface area contributed by atoms with Crippen LogP contribution in [0.3, 0.4) is 0 Å².